The number of alkyl carbamates (subject to hydrolysis) is 1. The van der Waals surface area contributed by atoms with E-state index in [0.717, 1.165) is 5.39 Å². The number of amides is 1. The first-order chi connectivity index (χ1) is 14.3. The molecule has 166 valence electrons. The summed E-state index contributed by atoms with van der Waals surface area (Å²) in [5, 5.41) is 19.5. The molecule has 0 aromatic carbocycles. The Balaban J connectivity index is 1.74. The summed E-state index contributed by atoms with van der Waals surface area (Å²) in [6.07, 6.45) is 2.48. The van der Waals surface area contributed by atoms with Crippen molar-refractivity contribution in [3.05, 3.63) is 18.0 Å². The van der Waals surface area contributed by atoms with Crippen molar-refractivity contribution in [3.63, 3.8) is 0 Å². The summed E-state index contributed by atoms with van der Waals surface area (Å²) in [5.41, 5.74) is -0.137. The quantitative estimate of drug-likeness (QED) is 0.672. The van der Waals surface area contributed by atoms with Gasteiger partial charge in [0.25, 0.3) is 0 Å². The van der Waals surface area contributed by atoms with Gasteiger partial charge in [-0.2, -0.15) is 10.2 Å². The van der Waals surface area contributed by atoms with E-state index in [1.54, 1.807) is 12.3 Å². The van der Waals surface area contributed by atoms with Crippen LogP contribution in [-0.4, -0.2) is 43.8 Å². The van der Waals surface area contributed by atoms with E-state index in [4.69, 9.17) is 4.74 Å². The predicted octanol–water partition coefficient (Wildman–Crippen LogP) is 3.96. The van der Waals surface area contributed by atoms with Gasteiger partial charge in [0.15, 0.2) is 0 Å². The highest BCUT2D eigenvalue weighted by Gasteiger charge is 2.44. The molecule has 3 N–H and O–H groups in total. The van der Waals surface area contributed by atoms with Crippen LogP contribution in [0.1, 0.15) is 67.0 Å². The molecule has 0 unspecified atom stereocenters. The molecule has 31 heavy (non-hydrogen) atoms. The molecule has 2 aromatic heterocycles. The number of aromatic nitrogens is 3. The molecular formula is C22H31N7O2. The molecule has 2 heterocycles. The molecule has 0 radical (unpaired) electrons. The number of nitrogens with zero attached hydrogens (tertiary/aromatic N) is 4. The molecule has 0 bridgehead atoms. The highest BCUT2D eigenvalue weighted by Crippen LogP contribution is 2.37. The van der Waals surface area contributed by atoms with Crippen LogP contribution in [0.15, 0.2) is 12.3 Å². The van der Waals surface area contributed by atoms with Crippen molar-refractivity contribution in [2.75, 3.05) is 10.6 Å². The van der Waals surface area contributed by atoms with Gasteiger partial charge in [-0.25, -0.2) is 14.8 Å². The van der Waals surface area contributed by atoms with E-state index in [1.165, 1.54) is 0 Å². The van der Waals surface area contributed by atoms with Crippen LogP contribution in [-0.2, 0) is 4.74 Å². The Morgan fingerprint density at radius 1 is 1.19 bits per heavy atom. The molecule has 0 spiro atoms. The smallest absolute Gasteiger partial charge is 0.408 e. The summed E-state index contributed by atoms with van der Waals surface area (Å²) < 4.78 is 5.62. The lowest BCUT2D eigenvalue weighted by Gasteiger charge is -2.44. The molecule has 9 nitrogen and oxygen atoms in total. The molecule has 3 rings (SSSR count). The summed E-state index contributed by atoms with van der Waals surface area (Å²) in [7, 11) is 0. The van der Waals surface area contributed by atoms with Gasteiger partial charge in [0.1, 0.15) is 23.2 Å². The maximum absolute atomic E-state index is 12.1. The monoisotopic (exact) mass is 425 g/mol. The van der Waals surface area contributed by atoms with Crippen LogP contribution in [0.2, 0.25) is 0 Å². The average Bonchev–Trinajstić information content (AvgIpc) is 2.57. The lowest BCUT2D eigenvalue weighted by atomic mass is 9.77. The topological polar surface area (TPSA) is 125 Å². The van der Waals surface area contributed by atoms with Crippen LogP contribution < -0.4 is 16.0 Å². The Kier molecular flexibility index (Phi) is 5.70. The van der Waals surface area contributed by atoms with E-state index in [2.05, 4.69) is 37.0 Å². The molecule has 1 aliphatic carbocycles. The van der Waals surface area contributed by atoms with Crippen LogP contribution in [0.4, 0.5) is 16.6 Å². The van der Waals surface area contributed by atoms with Crippen LogP contribution in [0, 0.1) is 11.3 Å². The van der Waals surface area contributed by atoms with Crippen molar-refractivity contribution >= 4 is 28.8 Å². The van der Waals surface area contributed by atoms with Crippen molar-refractivity contribution < 1.29 is 9.53 Å². The van der Waals surface area contributed by atoms with Crippen molar-refractivity contribution in [1.29, 1.82) is 5.26 Å². The first-order valence-corrected chi connectivity index (χ1v) is 10.4. The Bertz CT molecular complexity index is 1030. The first-order valence-electron chi connectivity index (χ1n) is 10.4. The first kappa shape index (κ1) is 22.5. The standard InChI is InChI=1S/C22H31N7O2/c1-20(2,3)28-17-15-8-13(11-23)24-12-16(15)26-18(27-17)25-14-9-22(7,10-14)31-19(30)29-21(4,5)6/h8,12,14H,9-10H2,1-7H3,(H,29,30)(H2,25,26,27,28). The van der Waals surface area contributed by atoms with Gasteiger partial charge in [-0.05, 0) is 54.5 Å². The van der Waals surface area contributed by atoms with Crippen LogP contribution >= 0.6 is 0 Å². The van der Waals surface area contributed by atoms with E-state index in [0.29, 0.717) is 35.8 Å². The molecule has 9 heteroatoms. The molecule has 0 atom stereocenters. The van der Waals surface area contributed by atoms with Gasteiger partial charge in [-0.15, -0.1) is 0 Å². The third-order valence-electron chi connectivity index (χ3n) is 4.70. The normalized spacial score (nSPS) is 21.0. The van der Waals surface area contributed by atoms with E-state index < -0.39 is 11.7 Å². The number of rotatable bonds is 4. The third-order valence-corrected chi connectivity index (χ3v) is 4.70. The Labute approximate surface area is 183 Å². The molecule has 2 aromatic rings. The Hall–Kier alpha value is -3.15. The number of hydrogen-bond donors (Lipinski definition) is 3. The molecule has 1 saturated carbocycles. The number of anilines is 2. The summed E-state index contributed by atoms with van der Waals surface area (Å²) >= 11 is 0. The van der Waals surface area contributed by atoms with Gasteiger partial charge in [-0.3, -0.25) is 0 Å². The average molecular weight is 426 g/mol. The second kappa shape index (κ2) is 7.84. The second-order valence-corrected chi connectivity index (χ2v) is 10.4. The third kappa shape index (κ3) is 5.94. The zero-order chi connectivity index (χ0) is 23.0. The number of pyridine rings is 1. The summed E-state index contributed by atoms with van der Waals surface area (Å²) in [6.45, 7) is 13.8. The van der Waals surface area contributed by atoms with E-state index >= 15 is 0 Å². The highest BCUT2D eigenvalue weighted by atomic mass is 16.6. The molecule has 0 saturated heterocycles. The number of carbonyl (C=O) groups excluding carboxylic acids is 1. The van der Waals surface area contributed by atoms with Gasteiger partial charge in [0.05, 0.1) is 11.7 Å². The largest absolute Gasteiger partial charge is 0.443 e. The lowest BCUT2D eigenvalue weighted by Crippen LogP contribution is -2.54. The fourth-order valence-corrected chi connectivity index (χ4v) is 3.51. The second-order valence-electron chi connectivity index (χ2n) is 10.4. The number of hydrogen-bond acceptors (Lipinski definition) is 8. The molecule has 1 amide bonds. The predicted molar refractivity (Wildman–Crippen MR) is 120 cm³/mol. The van der Waals surface area contributed by atoms with Gasteiger partial charge in [-0.1, -0.05) is 0 Å². The van der Waals surface area contributed by atoms with Crippen LogP contribution in [0.3, 0.4) is 0 Å². The van der Waals surface area contributed by atoms with Crippen molar-refractivity contribution in [3.8, 4) is 6.07 Å². The summed E-state index contributed by atoms with van der Waals surface area (Å²) in [4.78, 5) is 25.4. The van der Waals surface area contributed by atoms with Crippen molar-refractivity contribution in [1.82, 2.24) is 20.3 Å². The van der Waals surface area contributed by atoms with Crippen molar-refractivity contribution in [2.24, 2.45) is 0 Å². The lowest BCUT2D eigenvalue weighted by molar-refractivity contribution is -0.0413. The number of fused-ring (bicyclic) bond motifs is 1. The minimum Gasteiger partial charge on any atom is -0.443 e. The maximum Gasteiger partial charge on any atom is 0.408 e. The fourth-order valence-electron chi connectivity index (χ4n) is 3.51. The number of ether oxygens (including phenoxy) is 1. The minimum absolute atomic E-state index is 0.0821. The molecular weight excluding hydrogens is 394 g/mol. The van der Waals surface area contributed by atoms with Crippen molar-refractivity contribution in [2.45, 2.75) is 84.0 Å². The zero-order valence-electron chi connectivity index (χ0n) is 19.3. The van der Waals surface area contributed by atoms with Gasteiger partial charge in [0.2, 0.25) is 5.95 Å². The van der Waals surface area contributed by atoms with E-state index in [9.17, 15) is 10.1 Å². The Morgan fingerprint density at radius 3 is 2.45 bits per heavy atom. The molecule has 1 fully saturated rings. The van der Waals surface area contributed by atoms with Gasteiger partial charge in [0, 0.05) is 35.3 Å². The minimum atomic E-state index is -0.528. The molecule has 0 aliphatic heterocycles. The van der Waals surface area contributed by atoms with Gasteiger partial charge < -0.3 is 20.7 Å². The number of carbonyl (C=O) groups is 1. The highest BCUT2D eigenvalue weighted by molar-refractivity contribution is 5.90. The molecule has 1 aliphatic rings. The van der Waals surface area contributed by atoms with E-state index in [1.807, 2.05) is 48.5 Å². The number of nitriles is 1. The van der Waals surface area contributed by atoms with Crippen LogP contribution in [0.5, 0.6) is 0 Å². The summed E-state index contributed by atoms with van der Waals surface area (Å²) in [6, 6.07) is 3.83. The zero-order valence-corrected chi connectivity index (χ0v) is 19.3. The number of nitrogens with one attached hydrogen (secondary N) is 3. The van der Waals surface area contributed by atoms with Gasteiger partial charge >= 0.3 is 6.09 Å². The fraction of sp³-hybridized carbons (Fsp3) is 0.591. The SMILES string of the molecule is CC(C)(C)NC(=O)OC1(C)CC(Nc2nc(NC(C)(C)C)c3cc(C#N)ncc3n2)C1. The maximum atomic E-state index is 12.1. The van der Waals surface area contributed by atoms with E-state index in [-0.39, 0.29) is 17.1 Å². The van der Waals surface area contributed by atoms with Crippen LogP contribution in [0.25, 0.3) is 10.9 Å². The summed E-state index contributed by atoms with van der Waals surface area (Å²) in [5.74, 6) is 1.11. The Morgan fingerprint density at radius 2 is 1.87 bits per heavy atom.